The molecule has 0 saturated heterocycles. The summed E-state index contributed by atoms with van der Waals surface area (Å²) in [6.45, 7) is 0. The van der Waals surface area contributed by atoms with Gasteiger partial charge in [0.15, 0.2) is 0 Å². The van der Waals surface area contributed by atoms with Gasteiger partial charge in [-0.3, -0.25) is 0 Å². The van der Waals surface area contributed by atoms with Crippen LogP contribution in [0.2, 0.25) is 0 Å². The fourth-order valence-corrected chi connectivity index (χ4v) is 0. The molecule has 0 spiro atoms. The molecule has 0 atom stereocenters. The van der Waals surface area contributed by atoms with Gasteiger partial charge in [0.25, 0.3) is 0 Å². The van der Waals surface area contributed by atoms with Crippen LogP contribution < -0.4 is 0 Å². The molecular formula is H2HoN3O10. The van der Waals surface area contributed by atoms with E-state index >= 15 is 0 Å². The number of rotatable bonds is 0. The largest absolute Gasteiger partial charge is 3.00 e. The van der Waals surface area contributed by atoms with Crippen LogP contribution in [-0.2, 0) is 0 Å². The van der Waals surface area contributed by atoms with Gasteiger partial charge < -0.3 is 51.4 Å². The molecule has 0 bridgehead atoms. The molecule has 14 heteroatoms. The van der Waals surface area contributed by atoms with E-state index in [1.165, 1.54) is 0 Å². The van der Waals surface area contributed by atoms with Crippen molar-refractivity contribution >= 4 is 0 Å². The van der Waals surface area contributed by atoms with Crippen LogP contribution in [0, 0.1) is 83.7 Å². The Morgan fingerprint density at radius 1 is 0.571 bits per heavy atom. The maximum atomic E-state index is 8.25. The Balaban J connectivity index is -0.0000000270. The minimum absolute atomic E-state index is 0. The van der Waals surface area contributed by atoms with Gasteiger partial charge in [0, 0.05) is 0 Å². The summed E-state index contributed by atoms with van der Waals surface area (Å²) in [4.78, 5) is 24.8. The van der Waals surface area contributed by atoms with Gasteiger partial charge in [-0.05, 0) is 0 Å². The molecule has 0 aromatic carbocycles. The summed E-state index contributed by atoms with van der Waals surface area (Å²) < 4.78 is 0. The molecule has 14 heavy (non-hydrogen) atoms. The van der Waals surface area contributed by atoms with Crippen LogP contribution in [0.1, 0.15) is 0 Å². The molecule has 0 aliphatic rings. The summed E-state index contributed by atoms with van der Waals surface area (Å²) in [6.07, 6.45) is 0. The van der Waals surface area contributed by atoms with Crippen molar-refractivity contribution in [2.45, 2.75) is 0 Å². The smallest absolute Gasteiger partial charge is 0.412 e. The Labute approximate surface area is 104 Å². The zero-order valence-electron chi connectivity index (χ0n) is 5.82. The second-order valence-electron chi connectivity index (χ2n) is 0.671. The van der Waals surface area contributed by atoms with Gasteiger partial charge in [0.05, 0.1) is 15.3 Å². The molecule has 13 nitrogen and oxygen atoms in total. The summed E-state index contributed by atoms with van der Waals surface area (Å²) in [5.74, 6) is 0. The maximum Gasteiger partial charge on any atom is 3.00 e. The third-order valence-electron chi connectivity index (χ3n) is 0. The van der Waals surface area contributed by atoms with E-state index in [-0.39, 0.29) is 43.2 Å². The van der Waals surface area contributed by atoms with Crippen molar-refractivity contribution in [1.29, 1.82) is 0 Å². The van der Waals surface area contributed by atoms with Crippen LogP contribution in [0.15, 0.2) is 0 Å². The summed E-state index contributed by atoms with van der Waals surface area (Å²) >= 11 is 0. The fourth-order valence-electron chi connectivity index (χ4n) is 0. The van der Waals surface area contributed by atoms with Gasteiger partial charge in [-0.1, -0.05) is 0 Å². The average molecular weight is 369 g/mol. The molecule has 0 saturated carbocycles. The zero-order chi connectivity index (χ0) is 10.7. The molecule has 0 radical (unpaired) electrons. The van der Waals surface area contributed by atoms with Crippen LogP contribution >= 0.6 is 0 Å². The normalized spacial score (nSPS) is 5.14. The molecule has 0 fully saturated rings. The summed E-state index contributed by atoms with van der Waals surface area (Å²) in [6, 6.07) is 0. The SMILES string of the molecule is O.O=[N+]([O-])[O-].O=[N+]([O-])[O-].O=[N+]([O-])[O-].[Ho+3]. The van der Waals surface area contributed by atoms with E-state index in [9.17, 15) is 0 Å². The first-order valence-electron chi connectivity index (χ1n) is 1.64. The quantitative estimate of drug-likeness (QED) is 0.273. The van der Waals surface area contributed by atoms with Crippen molar-refractivity contribution < 1.29 is 58.5 Å². The molecule has 0 unspecified atom stereocenters. The molecular weight excluding hydrogens is 367 g/mol. The van der Waals surface area contributed by atoms with Crippen molar-refractivity contribution in [1.82, 2.24) is 0 Å². The molecule has 0 heterocycles. The topological polar surface area (TPSA) is 230 Å². The standard InChI is InChI=1S/Ho.3NO3.H2O/c;3*2-1(3)4;/h;;;;1H2/q+3;3*-1;. The predicted molar refractivity (Wildman–Crippen MR) is 34.7 cm³/mol. The van der Waals surface area contributed by atoms with Crippen LogP contribution in [0.25, 0.3) is 0 Å². The fraction of sp³-hybridized carbons (Fsp3) is 0. The van der Waals surface area contributed by atoms with Crippen molar-refractivity contribution in [3.8, 4) is 0 Å². The molecule has 88 valence electrons. The van der Waals surface area contributed by atoms with Crippen LogP contribution in [0.5, 0.6) is 0 Å². The van der Waals surface area contributed by atoms with Gasteiger partial charge in [-0.25, -0.2) is 0 Å². The summed E-state index contributed by atoms with van der Waals surface area (Å²) in [5, 5.41) is 44.2. The molecule has 0 rings (SSSR count). The van der Waals surface area contributed by atoms with E-state index in [2.05, 4.69) is 0 Å². The van der Waals surface area contributed by atoms with E-state index in [0.29, 0.717) is 0 Å². The zero-order valence-corrected chi connectivity index (χ0v) is 7.75. The molecule has 0 aliphatic carbocycles. The molecule has 0 aromatic rings. The molecule has 2 N–H and O–H groups in total. The van der Waals surface area contributed by atoms with Crippen molar-refractivity contribution in [3.63, 3.8) is 0 Å². The van der Waals surface area contributed by atoms with E-state index in [1.807, 2.05) is 0 Å². The number of hydrogen-bond acceptors (Lipinski definition) is 9. The van der Waals surface area contributed by atoms with Crippen LogP contribution in [0.4, 0.5) is 0 Å². The Hall–Kier alpha value is -1.18. The van der Waals surface area contributed by atoms with Crippen LogP contribution in [-0.4, -0.2) is 20.7 Å². The van der Waals surface area contributed by atoms with E-state index in [0.717, 1.165) is 0 Å². The van der Waals surface area contributed by atoms with E-state index in [1.54, 1.807) is 0 Å². The first-order valence-corrected chi connectivity index (χ1v) is 1.64. The van der Waals surface area contributed by atoms with Crippen molar-refractivity contribution in [2.24, 2.45) is 0 Å². The second-order valence-corrected chi connectivity index (χ2v) is 0.671. The van der Waals surface area contributed by atoms with Gasteiger partial charge >= 0.3 is 37.7 Å². The maximum absolute atomic E-state index is 8.25. The predicted octanol–water partition coefficient (Wildman–Crippen LogP) is -1.54. The Kier molecular flexibility index (Phi) is 47.3. The minimum atomic E-state index is -1.75. The first kappa shape index (κ1) is 29.3. The second kappa shape index (κ2) is 22.6. The Morgan fingerprint density at radius 3 is 0.571 bits per heavy atom. The van der Waals surface area contributed by atoms with Crippen molar-refractivity contribution in [3.05, 3.63) is 46.0 Å². The Morgan fingerprint density at radius 2 is 0.571 bits per heavy atom. The van der Waals surface area contributed by atoms with Crippen molar-refractivity contribution in [2.75, 3.05) is 0 Å². The Bertz CT molecular complexity index is 113. The van der Waals surface area contributed by atoms with E-state index < -0.39 is 15.3 Å². The van der Waals surface area contributed by atoms with Gasteiger partial charge in [-0.15, -0.1) is 0 Å². The third kappa shape index (κ3) is 749. The molecule has 0 amide bonds. The summed E-state index contributed by atoms with van der Waals surface area (Å²) in [5.41, 5.74) is 0. The number of hydrogen-bond donors (Lipinski definition) is 0. The third-order valence-corrected chi connectivity index (χ3v) is 0. The number of nitrogens with zero attached hydrogens (tertiary/aromatic N) is 3. The van der Waals surface area contributed by atoms with E-state index in [4.69, 9.17) is 46.0 Å². The molecule has 0 aromatic heterocycles. The van der Waals surface area contributed by atoms with Gasteiger partial charge in [0.1, 0.15) is 0 Å². The van der Waals surface area contributed by atoms with Gasteiger partial charge in [-0.2, -0.15) is 0 Å². The first-order chi connectivity index (χ1) is 5.20. The molecule has 0 aliphatic heterocycles. The van der Waals surface area contributed by atoms with Crippen LogP contribution in [0.3, 0.4) is 0 Å². The monoisotopic (exact) mass is 369 g/mol. The van der Waals surface area contributed by atoms with Gasteiger partial charge in [0.2, 0.25) is 0 Å². The summed E-state index contributed by atoms with van der Waals surface area (Å²) in [7, 11) is 0. The average Bonchev–Trinajstić information content (AvgIpc) is 1.54. The minimum Gasteiger partial charge on any atom is -0.412 e.